The van der Waals surface area contributed by atoms with Gasteiger partial charge in [-0.05, 0) is 18.8 Å². The molecule has 0 nitrogen and oxygen atoms in total. The zero-order valence-electron chi connectivity index (χ0n) is 6.50. The van der Waals surface area contributed by atoms with Gasteiger partial charge in [-0.2, -0.15) is 0 Å². The van der Waals surface area contributed by atoms with E-state index in [-0.39, 0.29) is 11.5 Å². The molecule has 0 atom stereocenters. The third kappa shape index (κ3) is 1.30. The molecule has 0 amide bonds. The highest BCUT2D eigenvalue weighted by molar-refractivity contribution is 5.27. The quantitative estimate of drug-likeness (QED) is 0.362. The number of halogens is 4. The SMILES string of the molecule is Fc1[c]c(C2CC2)c(F)c(F)c1F. The van der Waals surface area contributed by atoms with Crippen molar-refractivity contribution in [1.29, 1.82) is 0 Å². The van der Waals surface area contributed by atoms with Crippen molar-refractivity contribution in [3.05, 3.63) is 34.9 Å². The van der Waals surface area contributed by atoms with Gasteiger partial charge in [0.2, 0.25) is 0 Å². The summed E-state index contributed by atoms with van der Waals surface area (Å²) >= 11 is 0. The summed E-state index contributed by atoms with van der Waals surface area (Å²) in [6.45, 7) is 0. The molecule has 0 bridgehead atoms. The topological polar surface area (TPSA) is 0 Å². The second-order valence-electron chi connectivity index (χ2n) is 3.07. The average molecular weight is 189 g/mol. The standard InChI is InChI=1S/C9H5F4/c10-6-3-5(4-1-2-4)7(11)9(13)8(6)12/h4H,1-2H2. The molecule has 0 aliphatic heterocycles. The molecule has 0 N–H and O–H groups in total. The van der Waals surface area contributed by atoms with E-state index in [0.717, 1.165) is 0 Å². The molecule has 0 unspecified atom stereocenters. The number of benzene rings is 1. The van der Waals surface area contributed by atoms with Crippen molar-refractivity contribution >= 4 is 0 Å². The Morgan fingerprint density at radius 2 is 1.54 bits per heavy atom. The lowest BCUT2D eigenvalue weighted by Gasteiger charge is -2.02. The highest BCUT2D eigenvalue weighted by Crippen LogP contribution is 2.42. The smallest absolute Gasteiger partial charge is 0.198 e. The minimum atomic E-state index is -1.79. The van der Waals surface area contributed by atoms with E-state index < -0.39 is 23.3 Å². The fraction of sp³-hybridized carbons (Fsp3) is 0.333. The molecule has 1 aliphatic carbocycles. The first-order chi connectivity index (χ1) is 6.11. The van der Waals surface area contributed by atoms with Crippen molar-refractivity contribution in [2.45, 2.75) is 18.8 Å². The van der Waals surface area contributed by atoms with Crippen LogP contribution in [0.3, 0.4) is 0 Å². The van der Waals surface area contributed by atoms with E-state index in [0.29, 0.717) is 12.8 Å². The number of hydrogen-bond acceptors (Lipinski definition) is 0. The molecular formula is C9H5F4. The van der Waals surface area contributed by atoms with Crippen molar-refractivity contribution in [3.63, 3.8) is 0 Å². The van der Waals surface area contributed by atoms with E-state index in [4.69, 9.17) is 0 Å². The van der Waals surface area contributed by atoms with Gasteiger partial charge in [-0.3, -0.25) is 0 Å². The summed E-state index contributed by atoms with van der Waals surface area (Å²) in [7, 11) is 0. The van der Waals surface area contributed by atoms with E-state index in [1.165, 1.54) is 0 Å². The summed E-state index contributed by atoms with van der Waals surface area (Å²) in [5.41, 5.74) is -0.170. The van der Waals surface area contributed by atoms with E-state index in [9.17, 15) is 17.6 Å². The lowest BCUT2D eigenvalue weighted by Crippen LogP contribution is -2.00. The molecule has 0 spiro atoms. The van der Waals surface area contributed by atoms with Gasteiger partial charge in [-0.1, -0.05) is 0 Å². The van der Waals surface area contributed by atoms with Gasteiger partial charge in [0.15, 0.2) is 23.3 Å². The molecule has 13 heavy (non-hydrogen) atoms. The third-order valence-corrected chi connectivity index (χ3v) is 2.04. The van der Waals surface area contributed by atoms with E-state index in [1.54, 1.807) is 0 Å². The molecule has 0 saturated heterocycles. The monoisotopic (exact) mass is 189 g/mol. The summed E-state index contributed by atoms with van der Waals surface area (Å²) < 4.78 is 50.6. The van der Waals surface area contributed by atoms with Crippen molar-refractivity contribution in [2.24, 2.45) is 0 Å². The molecule has 1 aliphatic rings. The zero-order chi connectivity index (χ0) is 9.59. The van der Waals surface area contributed by atoms with Crippen molar-refractivity contribution in [2.75, 3.05) is 0 Å². The van der Waals surface area contributed by atoms with Crippen LogP contribution < -0.4 is 0 Å². The Kier molecular flexibility index (Phi) is 1.78. The fourth-order valence-corrected chi connectivity index (χ4v) is 1.19. The molecule has 1 radical (unpaired) electrons. The van der Waals surface area contributed by atoms with Gasteiger partial charge in [0.25, 0.3) is 0 Å². The highest BCUT2D eigenvalue weighted by Gasteiger charge is 2.31. The summed E-state index contributed by atoms with van der Waals surface area (Å²) in [6.07, 6.45) is 1.36. The Labute approximate surface area is 72.2 Å². The van der Waals surface area contributed by atoms with Crippen LogP contribution in [0.5, 0.6) is 0 Å². The maximum absolute atomic E-state index is 12.9. The van der Waals surface area contributed by atoms with E-state index >= 15 is 0 Å². The van der Waals surface area contributed by atoms with Gasteiger partial charge in [-0.25, -0.2) is 17.6 Å². The van der Waals surface area contributed by atoms with Crippen LogP contribution in [0.1, 0.15) is 24.3 Å². The Balaban J connectivity index is 2.58. The van der Waals surface area contributed by atoms with Gasteiger partial charge in [0, 0.05) is 11.6 Å². The summed E-state index contributed by atoms with van der Waals surface area (Å²) in [5.74, 6) is -6.47. The summed E-state index contributed by atoms with van der Waals surface area (Å²) in [6, 6.07) is 1.89. The Hall–Kier alpha value is -1.06. The molecule has 4 heteroatoms. The van der Waals surface area contributed by atoms with Crippen molar-refractivity contribution in [3.8, 4) is 0 Å². The maximum atomic E-state index is 12.9. The Bertz CT molecular complexity index is 355. The molecule has 1 aromatic carbocycles. The van der Waals surface area contributed by atoms with Crippen LogP contribution in [0.25, 0.3) is 0 Å². The minimum Gasteiger partial charge on any atom is -0.203 e. The fourth-order valence-electron chi connectivity index (χ4n) is 1.19. The highest BCUT2D eigenvalue weighted by atomic mass is 19.2. The molecule has 1 aromatic rings. The predicted octanol–water partition coefficient (Wildman–Crippen LogP) is 2.92. The predicted molar refractivity (Wildman–Crippen MR) is 37.1 cm³/mol. The van der Waals surface area contributed by atoms with Crippen LogP contribution in [0.2, 0.25) is 0 Å². The van der Waals surface area contributed by atoms with Gasteiger partial charge in [0.1, 0.15) is 0 Å². The molecule has 0 aromatic heterocycles. The molecular weight excluding hydrogens is 184 g/mol. The number of rotatable bonds is 1. The number of hydrogen-bond donors (Lipinski definition) is 0. The van der Waals surface area contributed by atoms with Crippen LogP contribution in [-0.4, -0.2) is 0 Å². The largest absolute Gasteiger partial charge is 0.203 e. The average Bonchev–Trinajstić information content (AvgIpc) is 2.91. The van der Waals surface area contributed by atoms with Crippen LogP contribution >= 0.6 is 0 Å². The molecule has 69 valence electrons. The summed E-state index contributed by atoms with van der Waals surface area (Å²) in [5, 5.41) is 0. The van der Waals surface area contributed by atoms with Crippen LogP contribution in [0.4, 0.5) is 17.6 Å². The maximum Gasteiger partial charge on any atom is 0.198 e. The Morgan fingerprint density at radius 3 is 2.08 bits per heavy atom. The zero-order valence-corrected chi connectivity index (χ0v) is 6.50. The second kappa shape index (κ2) is 2.72. The molecule has 1 fully saturated rings. The molecule has 2 rings (SSSR count). The van der Waals surface area contributed by atoms with Crippen LogP contribution in [0, 0.1) is 29.3 Å². The van der Waals surface area contributed by atoms with Crippen LogP contribution in [-0.2, 0) is 0 Å². The van der Waals surface area contributed by atoms with Gasteiger partial charge in [0.05, 0.1) is 0 Å². The summed E-state index contributed by atoms with van der Waals surface area (Å²) in [4.78, 5) is 0. The van der Waals surface area contributed by atoms with Gasteiger partial charge in [-0.15, -0.1) is 0 Å². The molecule has 1 saturated carbocycles. The first-order valence-electron chi connectivity index (χ1n) is 3.86. The minimum absolute atomic E-state index is 0.170. The first-order valence-corrected chi connectivity index (χ1v) is 3.86. The van der Waals surface area contributed by atoms with Gasteiger partial charge < -0.3 is 0 Å². The first kappa shape index (κ1) is 8.53. The van der Waals surface area contributed by atoms with E-state index in [2.05, 4.69) is 0 Å². The Morgan fingerprint density at radius 1 is 0.923 bits per heavy atom. The van der Waals surface area contributed by atoms with Crippen molar-refractivity contribution < 1.29 is 17.6 Å². The van der Waals surface area contributed by atoms with Crippen molar-refractivity contribution in [1.82, 2.24) is 0 Å². The van der Waals surface area contributed by atoms with Crippen LogP contribution in [0.15, 0.2) is 0 Å². The lowest BCUT2D eigenvalue weighted by molar-refractivity contribution is 0.403. The normalized spacial score (nSPS) is 16.3. The third-order valence-electron chi connectivity index (χ3n) is 2.04. The second-order valence-corrected chi connectivity index (χ2v) is 3.07. The van der Waals surface area contributed by atoms with Gasteiger partial charge >= 0.3 is 0 Å². The molecule has 0 heterocycles. The lowest BCUT2D eigenvalue weighted by atomic mass is 10.1. The van der Waals surface area contributed by atoms with E-state index in [1.807, 2.05) is 6.07 Å².